The lowest BCUT2D eigenvalue weighted by molar-refractivity contribution is -0.133. The van der Waals surface area contributed by atoms with E-state index in [9.17, 15) is 9.59 Å². The van der Waals surface area contributed by atoms with Gasteiger partial charge in [0.25, 0.3) is 0 Å². The number of carbonyl (C=O) groups excluding carboxylic acids is 2. The van der Waals surface area contributed by atoms with Gasteiger partial charge in [0, 0.05) is 28.5 Å². The number of carbonyl (C=O) groups is 2. The van der Waals surface area contributed by atoms with Gasteiger partial charge in [-0.25, -0.2) is 4.79 Å². The number of aryl methyl sites for hydroxylation is 1. The average molecular weight is 534 g/mol. The summed E-state index contributed by atoms with van der Waals surface area (Å²) in [7, 11) is 0. The first-order chi connectivity index (χ1) is 18.2. The summed E-state index contributed by atoms with van der Waals surface area (Å²) in [5, 5.41) is 3.22. The summed E-state index contributed by atoms with van der Waals surface area (Å²) in [6.07, 6.45) is 1.78. The molecule has 0 aliphatic rings. The number of benzene rings is 2. The zero-order valence-corrected chi connectivity index (χ0v) is 24.6. The molecule has 1 N–H and O–H groups in total. The van der Waals surface area contributed by atoms with E-state index >= 15 is 0 Å². The third kappa shape index (κ3) is 8.19. The van der Waals surface area contributed by atoms with Crippen LogP contribution >= 0.6 is 11.3 Å². The van der Waals surface area contributed by atoms with Crippen LogP contribution in [0.15, 0.2) is 60.7 Å². The van der Waals surface area contributed by atoms with E-state index in [-0.39, 0.29) is 30.3 Å². The number of unbranched alkanes of at least 4 members (excludes halogenated alkanes) is 1. The van der Waals surface area contributed by atoms with Crippen LogP contribution in [0.5, 0.6) is 0 Å². The van der Waals surface area contributed by atoms with Crippen molar-refractivity contribution < 1.29 is 9.59 Å². The zero-order valence-electron chi connectivity index (χ0n) is 23.8. The summed E-state index contributed by atoms with van der Waals surface area (Å²) >= 11 is 1.71. The highest BCUT2D eigenvalue weighted by Gasteiger charge is 2.24. The van der Waals surface area contributed by atoms with E-state index in [1.54, 1.807) is 16.2 Å². The fourth-order valence-electron chi connectivity index (χ4n) is 4.54. The number of hydrogen-bond donors (Lipinski definition) is 1. The monoisotopic (exact) mass is 533 g/mol. The predicted molar refractivity (Wildman–Crippen MR) is 160 cm³/mol. The summed E-state index contributed by atoms with van der Waals surface area (Å²) in [5.74, 6) is 0.489. The van der Waals surface area contributed by atoms with Crippen LogP contribution in [0.2, 0.25) is 0 Å². The van der Waals surface area contributed by atoms with E-state index in [4.69, 9.17) is 0 Å². The van der Waals surface area contributed by atoms with Gasteiger partial charge in [0.1, 0.15) is 6.54 Å². The summed E-state index contributed by atoms with van der Waals surface area (Å²) in [5.41, 5.74) is 4.19. The van der Waals surface area contributed by atoms with Crippen molar-refractivity contribution in [1.82, 2.24) is 9.80 Å². The summed E-state index contributed by atoms with van der Waals surface area (Å²) < 4.78 is 0. The molecule has 0 bridgehead atoms. The van der Waals surface area contributed by atoms with Gasteiger partial charge in [-0.15, -0.1) is 11.3 Å². The molecule has 204 valence electrons. The molecule has 6 heteroatoms. The lowest BCUT2D eigenvalue weighted by atomic mass is 9.93. The first-order valence-electron chi connectivity index (χ1n) is 13.7. The molecule has 1 heterocycles. The van der Waals surface area contributed by atoms with Crippen LogP contribution in [-0.4, -0.2) is 34.8 Å². The third-order valence-electron chi connectivity index (χ3n) is 6.71. The molecule has 0 spiro atoms. The van der Waals surface area contributed by atoms with Gasteiger partial charge in [0.05, 0.1) is 6.54 Å². The van der Waals surface area contributed by atoms with Gasteiger partial charge < -0.3 is 15.1 Å². The van der Waals surface area contributed by atoms with E-state index in [0.717, 1.165) is 40.1 Å². The number of urea groups is 1. The minimum atomic E-state index is -0.214. The van der Waals surface area contributed by atoms with Crippen LogP contribution in [0.25, 0.3) is 0 Å². The standard InChI is InChI=1S/C32H43N3O2S/c1-7-8-19-34(32(37)33-31-28(23(2)3)15-12-16-29(31)24(4)5)22-30(36)35(20-26-13-10-9-11-14-26)21-27-18-17-25(6)38-27/h9-18,23-24H,7-8,19-22H2,1-6H3,(H,33,37). The Morgan fingerprint density at radius 3 is 2.05 bits per heavy atom. The molecule has 0 fully saturated rings. The van der Waals surface area contributed by atoms with E-state index in [1.165, 1.54) is 4.88 Å². The molecule has 5 nitrogen and oxygen atoms in total. The number of para-hydroxylation sites is 1. The molecule has 38 heavy (non-hydrogen) atoms. The number of hydrogen-bond acceptors (Lipinski definition) is 3. The summed E-state index contributed by atoms with van der Waals surface area (Å²) in [6, 6.07) is 20.2. The van der Waals surface area contributed by atoms with Crippen molar-refractivity contribution in [2.45, 2.75) is 79.3 Å². The van der Waals surface area contributed by atoms with Crippen molar-refractivity contribution >= 4 is 29.0 Å². The van der Waals surface area contributed by atoms with Crippen LogP contribution in [0.4, 0.5) is 10.5 Å². The Labute approximate surface area is 232 Å². The number of rotatable bonds is 12. The smallest absolute Gasteiger partial charge is 0.322 e. The summed E-state index contributed by atoms with van der Waals surface area (Å²) in [6.45, 7) is 14.4. The Bertz CT molecular complexity index is 1160. The van der Waals surface area contributed by atoms with Crippen LogP contribution in [0, 0.1) is 6.92 Å². The molecule has 3 aromatic rings. The number of nitrogens with zero attached hydrogens (tertiary/aromatic N) is 2. The molecule has 3 amide bonds. The highest BCUT2D eigenvalue weighted by molar-refractivity contribution is 7.11. The van der Waals surface area contributed by atoms with Crippen molar-refractivity contribution in [3.63, 3.8) is 0 Å². The van der Waals surface area contributed by atoms with Gasteiger partial charge >= 0.3 is 6.03 Å². The average Bonchev–Trinajstić information content (AvgIpc) is 3.30. The molecule has 1 aromatic heterocycles. The van der Waals surface area contributed by atoms with Crippen LogP contribution in [0.1, 0.15) is 85.7 Å². The quantitative estimate of drug-likeness (QED) is 0.255. The number of thiophene rings is 1. The lowest BCUT2D eigenvalue weighted by Gasteiger charge is -2.29. The van der Waals surface area contributed by atoms with Gasteiger partial charge in [-0.2, -0.15) is 0 Å². The number of amides is 3. The Morgan fingerprint density at radius 1 is 0.842 bits per heavy atom. The zero-order chi connectivity index (χ0) is 27.7. The molecule has 0 aliphatic carbocycles. The third-order valence-corrected chi connectivity index (χ3v) is 7.70. The van der Waals surface area contributed by atoms with Crippen LogP contribution in [-0.2, 0) is 17.9 Å². The highest BCUT2D eigenvalue weighted by atomic mass is 32.1. The second-order valence-electron chi connectivity index (χ2n) is 10.6. The maximum Gasteiger partial charge on any atom is 0.322 e. The van der Waals surface area contributed by atoms with E-state index in [0.29, 0.717) is 19.6 Å². The normalized spacial score (nSPS) is 11.2. The van der Waals surface area contributed by atoms with Gasteiger partial charge in [-0.05, 0) is 54.0 Å². The maximum absolute atomic E-state index is 13.7. The SMILES string of the molecule is CCCCN(CC(=O)N(Cc1ccccc1)Cc1ccc(C)s1)C(=O)Nc1c(C(C)C)cccc1C(C)C. The van der Waals surface area contributed by atoms with Gasteiger partial charge in [-0.3, -0.25) is 4.79 Å². The summed E-state index contributed by atoms with van der Waals surface area (Å²) in [4.78, 5) is 33.4. The van der Waals surface area contributed by atoms with Crippen molar-refractivity contribution in [1.29, 1.82) is 0 Å². The molecule has 0 radical (unpaired) electrons. The van der Waals surface area contributed by atoms with Crippen molar-refractivity contribution in [2.75, 3.05) is 18.4 Å². The Balaban J connectivity index is 1.85. The second kappa shape index (κ2) is 14.1. The fraction of sp³-hybridized carbons (Fsp3) is 0.438. The lowest BCUT2D eigenvalue weighted by Crippen LogP contribution is -2.44. The van der Waals surface area contributed by atoms with E-state index in [2.05, 4.69) is 77.2 Å². The minimum absolute atomic E-state index is 0.0455. The Kier molecular flexibility index (Phi) is 11.0. The molecule has 0 saturated carbocycles. The van der Waals surface area contributed by atoms with Crippen LogP contribution in [0.3, 0.4) is 0 Å². The molecule has 3 rings (SSSR count). The van der Waals surface area contributed by atoms with E-state index < -0.39 is 0 Å². The minimum Gasteiger partial charge on any atom is -0.332 e. The molecule has 0 saturated heterocycles. The number of nitrogens with one attached hydrogen (secondary N) is 1. The fourth-order valence-corrected chi connectivity index (χ4v) is 5.45. The van der Waals surface area contributed by atoms with Gasteiger partial charge in [0.15, 0.2) is 0 Å². The first-order valence-corrected chi connectivity index (χ1v) is 14.6. The Morgan fingerprint density at radius 2 is 1.50 bits per heavy atom. The topological polar surface area (TPSA) is 52.7 Å². The molecular weight excluding hydrogens is 490 g/mol. The van der Waals surface area contributed by atoms with Crippen molar-refractivity contribution in [3.8, 4) is 0 Å². The maximum atomic E-state index is 13.7. The largest absolute Gasteiger partial charge is 0.332 e. The molecular formula is C32H43N3O2S. The molecule has 2 aromatic carbocycles. The molecule has 0 aliphatic heterocycles. The van der Waals surface area contributed by atoms with Crippen LogP contribution < -0.4 is 5.32 Å². The van der Waals surface area contributed by atoms with Gasteiger partial charge in [0.2, 0.25) is 5.91 Å². The second-order valence-corrected chi connectivity index (χ2v) is 11.9. The van der Waals surface area contributed by atoms with Gasteiger partial charge in [-0.1, -0.05) is 89.6 Å². The highest BCUT2D eigenvalue weighted by Crippen LogP contribution is 2.32. The van der Waals surface area contributed by atoms with Crippen molar-refractivity contribution in [3.05, 3.63) is 87.1 Å². The molecule has 0 atom stereocenters. The predicted octanol–water partition coefficient (Wildman–Crippen LogP) is 8.17. The number of anilines is 1. The van der Waals surface area contributed by atoms with E-state index in [1.807, 2.05) is 35.2 Å². The first kappa shape index (κ1) is 29.4. The van der Waals surface area contributed by atoms with Crippen molar-refractivity contribution in [2.24, 2.45) is 0 Å². The Hall–Kier alpha value is -3.12. The molecule has 0 unspecified atom stereocenters.